The van der Waals surface area contributed by atoms with Gasteiger partial charge in [-0.1, -0.05) is 5.16 Å². The van der Waals surface area contributed by atoms with Crippen molar-refractivity contribution in [2.75, 3.05) is 13.1 Å². The number of hydrogen-bond acceptors (Lipinski definition) is 5. The highest BCUT2D eigenvalue weighted by Crippen LogP contribution is 2.28. The smallest absolute Gasteiger partial charge is 0.230 e. The van der Waals surface area contributed by atoms with Crippen LogP contribution in [0, 0.1) is 27.7 Å². The molecule has 0 saturated carbocycles. The van der Waals surface area contributed by atoms with E-state index in [0.717, 1.165) is 48.1 Å². The van der Waals surface area contributed by atoms with E-state index >= 15 is 0 Å². The summed E-state index contributed by atoms with van der Waals surface area (Å²) in [5.41, 5.74) is 1.71. The van der Waals surface area contributed by atoms with Gasteiger partial charge in [0.2, 0.25) is 5.91 Å². The topological polar surface area (TPSA) is 77.0 Å². The van der Waals surface area contributed by atoms with Gasteiger partial charge in [0.15, 0.2) is 0 Å². The fraction of sp³-hybridized carbons (Fsp3) is 0.647. The van der Waals surface area contributed by atoms with Crippen molar-refractivity contribution in [1.29, 1.82) is 0 Å². The van der Waals surface area contributed by atoms with Crippen molar-refractivity contribution < 1.29 is 9.32 Å². The molecule has 1 amide bonds. The van der Waals surface area contributed by atoms with Gasteiger partial charge >= 0.3 is 0 Å². The monoisotopic (exact) mass is 331 g/mol. The van der Waals surface area contributed by atoms with Crippen LogP contribution >= 0.6 is 0 Å². The zero-order valence-corrected chi connectivity index (χ0v) is 15.0. The molecule has 2 atom stereocenters. The first-order valence-corrected chi connectivity index (χ1v) is 8.49. The predicted octanol–water partition coefficient (Wildman–Crippen LogP) is 2.47. The Bertz CT molecular complexity index is 729. The van der Waals surface area contributed by atoms with Crippen LogP contribution in [0.2, 0.25) is 0 Å². The molecule has 0 bridgehead atoms. The quantitative estimate of drug-likeness (QED) is 0.863. The zero-order valence-electron chi connectivity index (χ0n) is 15.0. The maximum Gasteiger partial charge on any atom is 0.230 e. The SMILES string of the molecule is Cc1nc(C)n([C@H]2CCCN(C(=O)[C@@H](C)c3c(C)noc3C)C2)n1. The number of piperidine rings is 1. The summed E-state index contributed by atoms with van der Waals surface area (Å²) in [5.74, 6) is 2.30. The van der Waals surface area contributed by atoms with Crippen LogP contribution in [0.4, 0.5) is 0 Å². The molecular formula is C17H25N5O2. The number of nitrogens with zero attached hydrogens (tertiary/aromatic N) is 5. The number of amides is 1. The number of hydrogen-bond donors (Lipinski definition) is 0. The van der Waals surface area contributed by atoms with Gasteiger partial charge in [-0.25, -0.2) is 9.67 Å². The Hall–Kier alpha value is -2.18. The van der Waals surface area contributed by atoms with Gasteiger partial charge in [0.05, 0.1) is 17.7 Å². The van der Waals surface area contributed by atoms with Gasteiger partial charge in [-0.3, -0.25) is 4.79 Å². The highest BCUT2D eigenvalue weighted by atomic mass is 16.5. The largest absolute Gasteiger partial charge is 0.361 e. The number of rotatable bonds is 3. The van der Waals surface area contributed by atoms with Gasteiger partial charge in [-0.05, 0) is 47.5 Å². The molecule has 0 N–H and O–H groups in total. The molecule has 3 rings (SSSR count). The molecule has 0 aromatic carbocycles. The molecule has 130 valence electrons. The standard InChI is InChI=1S/C17H25N5O2/c1-10(16-11(2)20-24-12(16)3)17(23)21-8-6-7-15(9-21)22-14(5)18-13(4)19-22/h10,15H,6-9H2,1-5H3/t10-,15-/m0/s1. The van der Waals surface area contributed by atoms with Crippen molar-refractivity contribution in [3.8, 4) is 0 Å². The van der Waals surface area contributed by atoms with E-state index in [1.165, 1.54) is 0 Å². The maximum atomic E-state index is 13.0. The molecule has 0 unspecified atom stereocenters. The number of carbonyl (C=O) groups is 1. The van der Waals surface area contributed by atoms with Crippen molar-refractivity contribution in [2.24, 2.45) is 0 Å². The Morgan fingerprint density at radius 2 is 2.04 bits per heavy atom. The number of aryl methyl sites for hydroxylation is 4. The van der Waals surface area contributed by atoms with Crippen molar-refractivity contribution in [3.63, 3.8) is 0 Å². The maximum absolute atomic E-state index is 13.0. The molecule has 0 aliphatic carbocycles. The lowest BCUT2D eigenvalue weighted by Gasteiger charge is -2.34. The molecule has 1 fully saturated rings. The molecule has 2 aromatic rings. The number of aromatic nitrogens is 4. The van der Waals surface area contributed by atoms with E-state index in [-0.39, 0.29) is 17.9 Å². The second-order valence-corrected chi connectivity index (χ2v) is 6.69. The summed E-state index contributed by atoms with van der Waals surface area (Å²) < 4.78 is 7.19. The van der Waals surface area contributed by atoms with Crippen molar-refractivity contribution >= 4 is 5.91 Å². The molecule has 1 saturated heterocycles. The molecule has 0 spiro atoms. The van der Waals surface area contributed by atoms with Crippen molar-refractivity contribution in [2.45, 2.75) is 59.4 Å². The fourth-order valence-electron chi connectivity index (χ4n) is 3.74. The van der Waals surface area contributed by atoms with Crippen LogP contribution in [0.5, 0.6) is 0 Å². The number of carbonyl (C=O) groups excluding carboxylic acids is 1. The van der Waals surface area contributed by atoms with E-state index in [4.69, 9.17) is 4.52 Å². The highest BCUT2D eigenvalue weighted by molar-refractivity contribution is 5.84. The lowest BCUT2D eigenvalue weighted by molar-refractivity contribution is -0.134. The van der Waals surface area contributed by atoms with E-state index in [2.05, 4.69) is 15.2 Å². The van der Waals surface area contributed by atoms with Gasteiger partial charge in [0.25, 0.3) is 0 Å². The molecule has 3 heterocycles. The molecular weight excluding hydrogens is 306 g/mol. The summed E-state index contributed by atoms with van der Waals surface area (Å²) in [5, 5.41) is 8.47. The minimum absolute atomic E-state index is 0.128. The summed E-state index contributed by atoms with van der Waals surface area (Å²) in [6.45, 7) is 11.0. The summed E-state index contributed by atoms with van der Waals surface area (Å²) in [6, 6.07) is 0.195. The highest BCUT2D eigenvalue weighted by Gasteiger charge is 2.31. The van der Waals surface area contributed by atoms with Crippen LogP contribution in [0.3, 0.4) is 0 Å². The average Bonchev–Trinajstić information content (AvgIpc) is 3.07. The minimum atomic E-state index is -0.242. The second-order valence-electron chi connectivity index (χ2n) is 6.69. The average molecular weight is 331 g/mol. The normalized spacial score (nSPS) is 19.5. The summed E-state index contributed by atoms with van der Waals surface area (Å²) in [6.07, 6.45) is 2.00. The third kappa shape index (κ3) is 2.95. The van der Waals surface area contributed by atoms with Gasteiger partial charge in [-0.2, -0.15) is 5.10 Å². The summed E-state index contributed by atoms with van der Waals surface area (Å²) in [7, 11) is 0. The Morgan fingerprint density at radius 3 is 2.62 bits per heavy atom. The molecule has 24 heavy (non-hydrogen) atoms. The number of likely N-dealkylation sites (tertiary alicyclic amines) is 1. The van der Waals surface area contributed by atoms with Gasteiger partial charge in [-0.15, -0.1) is 0 Å². The zero-order chi connectivity index (χ0) is 17.4. The lowest BCUT2D eigenvalue weighted by Crippen LogP contribution is -2.43. The van der Waals surface area contributed by atoms with Crippen LogP contribution in [0.1, 0.15) is 60.4 Å². The molecule has 0 radical (unpaired) electrons. The van der Waals surface area contributed by atoms with Crippen LogP contribution in [0.25, 0.3) is 0 Å². The second kappa shape index (κ2) is 6.37. The van der Waals surface area contributed by atoms with E-state index in [9.17, 15) is 4.79 Å². The predicted molar refractivity (Wildman–Crippen MR) is 88.7 cm³/mol. The first-order chi connectivity index (χ1) is 11.4. The first kappa shape index (κ1) is 16.7. The third-order valence-corrected chi connectivity index (χ3v) is 4.85. The van der Waals surface area contributed by atoms with Crippen LogP contribution in [-0.2, 0) is 4.79 Å². The van der Waals surface area contributed by atoms with E-state index in [0.29, 0.717) is 6.54 Å². The van der Waals surface area contributed by atoms with Crippen LogP contribution < -0.4 is 0 Å². The lowest BCUT2D eigenvalue weighted by atomic mass is 9.96. The molecule has 1 aliphatic heterocycles. The molecule has 2 aromatic heterocycles. The third-order valence-electron chi connectivity index (χ3n) is 4.85. The molecule has 7 heteroatoms. The Morgan fingerprint density at radius 1 is 1.29 bits per heavy atom. The Labute approximate surface area is 142 Å². The van der Waals surface area contributed by atoms with E-state index in [1.54, 1.807) is 0 Å². The van der Waals surface area contributed by atoms with Gasteiger partial charge < -0.3 is 9.42 Å². The van der Waals surface area contributed by atoms with Gasteiger partial charge in [0.1, 0.15) is 17.4 Å². The molecule has 1 aliphatic rings. The summed E-state index contributed by atoms with van der Waals surface area (Å²) >= 11 is 0. The Kier molecular flexibility index (Phi) is 4.43. The van der Waals surface area contributed by atoms with Crippen LogP contribution in [0.15, 0.2) is 4.52 Å². The fourth-order valence-corrected chi connectivity index (χ4v) is 3.74. The Balaban J connectivity index is 1.77. The van der Waals surface area contributed by atoms with Gasteiger partial charge in [0, 0.05) is 18.7 Å². The van der Waals surface area contributed by atoms with Crippen LogP contribution in [-0.4, -0.2) is 43.8 Å². The van der Waals surface area contributed by atoms with Crippen molar-refractivity contribution in [3.05, 3.63) is 28.7 Å². The van der Waals surface area contributed by atoms with E-state index in [1.807, 2.05) is 44.2 Å². The first-order valence-electron chi connectivity index (χ1n) is 8.49. The minimum Gasteiger partial charge on any atom is -0.361 e. The van der Waals surface area contributed by atoms with E-state index < -0.39 is 0 Å². The summed E-state index contributed by atoms with van der Waals surface area (Å²) in [4.78, 5) is 19.3. The molecule has 7 nitrogen and oxygen atoms in total. The van der Waals surface area contributed by atoms with Crippen molar-refractivity contribution in [1.82, 2.24) is 24.8 Å².